The molecule has 3 heteroatoms. The molecule has 0 amide bonds. The largest absolute Gasteiger partial charge is 0.462 e. The Morgan fingerprint density at radius 1 is 1.18 bits per heavy atom. The van der Waals surface area contributed by atoms with Crippen LogP contribution < -0.4 is 0 Å². The quantitative estimate of drug-likeness (QED) is 0.375. The van der Waals surface area contributed by atoms with Crippen LogP contribution in [0.5, 0.6) is 0 Å². The molecule has 3 aliphatic rings. The molecule has 0 radical (unpaired) electrons. The average molecular weight is 389 g/mol. The minimum absolute atomic E-state index is 0.167. The molecule has 3 saturated carbocycles. The van der Waals surface area contributed by atoms with Crippen LogP contribution in [0.3, 0.4) is 0 Å². The minimum Gasteiger partial charge on any atom is -0.462 e. The van der Waals surface area contributed by atoms with Gasteiger partial charge in [-0.2, -0.15) is 0 Å². The third-order valence-corrected chi connectivity index (χ3v) is 9.16. The number of carbonyl (C=O) groups is 1. The molecule has 1 N–H and O–H groups in total. The number of aliphatic hydroxyl groups is 1. The van der Waals surface area contributed by atoms with Gasteiger partial charge < -0.3 is 9.84 Å². The van der Waals surface area contributed by atoms with Gasteiger partial charge in [-0.05, 0) is 81.5 Å². The zero-order valence-electron chi connectivity index (χ0n) is 18.6. The fourth-order valence-corrected chi connectivity index (χ4v) is 6.70. The smallest absolute Gasteiger partial charge is 0.333 e. The summed E-state index contributed by atoms with van der Waals surface area (Å²) in [5.41, 5.74) is -0.0815. The first-order chi connectivity index (χ1) is 13.0. The van der Waals surface area contributed by atoms with Crippen molar-refractivity contribution in [1.29, 1.82) is 0 Å². The van der Waals surface area contributed by atoms with Gasteiger partial charge in [-0.1, -0.05) is 39.3 Å². The van der Waals surface area contributed by atoms with Gasteiger partial charge in [0.1, 0.15) is 0 Å². The van der Waals surface area contributed by atoms with Gasteiger partial charge in [0, 0.05) is 11.0 Å². The molecule has 0 unspecified atom stereocenters. The summed E-state index contributed by atoms with van der Waals surface area (Å²) in [5, 5.41) is 12.1. The number of allylic oxidation sites excluding steroid dienone is 2. The molecule has 6 atom stereocenters. The summed E-state index contributed by atoms with van der Waals surface area (Å²) in [6.07, 6.45) is 12.4. The van der Waals surface area contributed by atoms with Crippen LogP contribution in [0.1, 0.15) is 86.0 Å². The maximum Gasteiger partial charge on any atom is 0.333 e. The lowest BCUT2D eigenvalue weighted by atomic mass is 9.42. The summed E-state index contributed by atoms with van der Waals surface area (Å²) in [6.45, 7) is 15.0. The number of rotatable bonds is 4. The Morgan fingerprint density at radius 3 is 2.54 bits per heavy atom. The number of esters is 1. The predicted molar refractivity (Wildman–Crippen MR) is 114 cm³/mol. The maximum atomic E-state index is 12.2. The van der Waals surface area contributed by atoms with Gasteiger partial charge in [0.05, 0.1) is 12.2 Å². The molecule has 0 saturated heterocycles. The molecule has 0 spiro atoms. The van der Waals surface area contributed by atoms with E-state index < -0.39 is 5.60 Å². The first kappa shape index (κ1) is 21.6. The Bertz CT molecular complexity index is 667. The normalized spacial score (nSPS) is 46.3. The second-order valence-corrected chi connectivity index (χ2v) is 10.8. The fourth-order valence-electron chi connectivity index (χ4n) is 6.70. The number of ether oxygens (including phenoxy) is 1. The van der Waals surface area contributed by atoms with Gasteiger partial charge in [-0.3, -0.25) is 0 Å². The van der Waals surface area contributed by atoms with Crippen molar-refractivity contribution in [1.82, 2.24) is 0 Å². The highest BCUT2D eigenvalue weighted by atomic mass is 16.5. The van der Waals surface area contributed by atoms with Crippen LogP contribution in [-0.4, -0.2) is 23.3 Å². The van der Waals surface area contributed by atoms with Crippen molar-refractivity contribution in [2.45, 2.75) is 91.6 Å². The Balaban J connectivity index is 1.84. The number of hydrogen-bond donors (Lipinski definition) is 1. The Hall–Kier alpha value is -1.09. The summed E-state index contributed by atoms with van der Waals surface area (Å²) >= 11 is 0. The summed E-state index contributed by atoms with van der Waals surface area (Å²) in [7, 11) is 0. The van der Waals surface area contributed by atoms with E-state index >= 15 is 0 Å². The van der Waals surface area contributed by atoms with E-state index in [1.54, 1.807) is 13.0 Å². The summed E-state index contributed by atoms with van der Waals surface area (Å²) < 4.78 is 5.69. The zero-order chi connectivity index (χ0) is 20.8. The SMILES string of the molecule is C=C[C@@]1(C)CC[C@@]2(C)[C@@H](CC[C@]3(O)[C@@H]2CCC[C@@]3(C)COC(=O)/C(C)=C/C)C1. The van der Waals surface area contributed by atoms with Crippen molar-refractivity contribution >= 4 is 5.97 Å². The molecule has 0 aliphatic heterocycles. The molecule has 3 fully saturated rings. The van der Waals surface area contributed by atoms with E-state index in [1.807, 2.05) is 6.92 Å². The zero-order valence-corrected chi connectivity index (χ0v) is 18.6. The second-order valence-electron chi connectivity index (χ2n) is 10.8. The van der Waals surface area contributed by atoms with Crippen molar-refractivity contribution in [3.05, 3.63) is 24.3 Å². The number of carbonyl (C=O) groups excluding carboxylic acids is 1. The summed E-state index contributed by atoms with van der Waals surface area (Å²) in [4.78, 5) is 12.2. The standard InChI is InChI=1S/C25H40O3/c1-7-18(3)21(26)28-17-23(5)12-9-10-20-24(6)15-14-22(4,8-2)16-19(24)11-13-25(20,23)27/h7-8,19-20,27H,2,9-17H2,1,3-6H3/b18-7+/t19-,20+,22-,23-,24-,25-/m0/s1. The van der Waals surface area contributed by atoms with E-state index in [4.69, 9.17) is 4.74 Å². The Morgan fingerprint density at radius 2 is 1.89 bits per heavy atom. The van der Waals surface area contributed by atoms with E-state index in [0.717, 1.165) is 44.9 Å². The van der Waals surface area contributed by atoms with E-state index in [1.165, 1.54) is 6.42 Å². The van der Waals surface area contributed by atoms with Gasteiger partial charge in [0.2, 0.25) is 0 Å². The summed E-state index contributed by atoms with van der Waals surface area (Å²) in [5.74, 6) is 0.673. The molecule has 0 heterocycles. The Kier molecular flexibility index (Phi) is 5.64. The van der Waals surface area contributed by atoms with Crippen LogP contribution in [0.2, 0.25) is 0 Å². The lowest BCUT2D eigenvalue weighted by Crippen LogP contribution is -2.65. The van der Waals surface area contributed by atoms with Crippen molar-refractivity contribution in [3.63, 3.8) is 0 Å². The number of hydrogen-bond acceptors (Lipinski definition) is 3. The maximum absolute atomic E-state index is 12.2. The van der Waals surface area contributed by atoms with Crippen molar-refractivity contribution in [2.75, 3.05) is 6.61 Å². The summed E-state index contributed by atoms with van der Waals surface area (Å²) in [6, 6.07) is 0. The van der Waals surface area contributed by atoms with Crippen LogP contribution in [0.15, 0.2) is 24.3 Å². The lowest BCUT2D eigenvalue weighted by Gasteiger charge is -2.65. The molecular weight excluding hydrogens is 348 g/mol. The van der Waals surface area contributed by atoms with Crippen LogP contribution >= 0.6 is 0 Å². The monoisotopic (exact) mass is 388 g/mol. The van der Waals surface area contributed by atoms with Gasteiger partial charge in [0.25, 0.3) is 0 Å². The highest BCUT2D eigenvalue weighted by Gasteiger charge is 2.64. The minimum atomic E-state index is -0.747. The van der Waals surface area contributed by atoms with Crippen molar-refractivity contribution in [3.8, 4) is 0 Å². The molecule has 158 valence electrons. The topological polar surface area (TPSA) is 46.5 Å². The van der Waals surface area contributed by atoms with Gasteiger partial charge in [-0.25, -0.2) is 4.79 Å². The molecule has 28 heavy (non-hydrogen) atoms. The van der Waals surface area contributed by atoms with Gasteiger partial charge in [-0.15, -0.1) is 6.58 Å². The van der Waals surface area contributed by atoms with Gasteiger partial charge in [0.15, 0.2) is 0 Å². The predicted octanol–water partition coefficient (Wildman–Crippen LogP) is 5.83. The second kappa shape index (κ2) is 7.31. The van der Waals surface area contributed by atoms with Crippen molar-refractivity contribution in [2.24, 2.45) is 28.1 Å². The van der Waals surface area contributed by atoms with Crippen LogP contribution in [0.4, 0.5) is 0 Å². The highest BCUT2D eigenvalue weighted by molar-refractivity contribution is 5.87. The van der Waals surface area contributed by atoms with Gasteiger partial charge >= 0.3 is 5.97 Å². The molecule has 0 bridgehead atoms. The van der Waals surface area contributed by atoms with E-state index in [2.05, 4.69) is 33.4 Å². The average Bonchev–Trinajstić information content (AvgIpc) is 2.68. The first-order valence-electron chi connectivity index (χ1n) is 11.2. The Labute approximate surface area is 171 Å². The van der Waals surface area contributed by atoms with Crippen molar-refractivity contribution < 1.29 is 14.6 Å². The molecule has 0 aromatic heterocycles. The van der Waals surface area contributed by atoms with Crippen LogP contribution in [-0.2, 0) is 9.53 Å². The third kappa shape index (κ3) is 3.28. The molecule has 0 aromatic carbocycles. The highest BCUT2D eigenvalue weighted by Crippen LogP contribution is 2.66. The number of fused-ring (bicyclic) bond motifs is 3. The fraction of sp³-hybridized carbons (Fsp3) is 0.800. The van der Waals surface area contributed by atoms with E-state index in [9.17, 15) is 9.90 Å². The van der Waals surface area contributed by atoms with E-state index in [0.29, 0.717) is 18.1 Å². The molecule has 3 aliphatic carbocycles. The van der Waals surface area contributed by atoms with E-state index in [-0.39, 0.29) is 28.1 Å². The molecular formula is C25H40O3. The molecule has 0 aromatic rings. The molecule has 3 nitrogen and oxygen atoms in total. The van der Waals surface area contributed by atoms with Crippen LogP contribution in [0.25, 0.3) is 0 Å². The first-order valence-corrected chi connectivity index (χ1v) is 11.2. The van der Waals surface area contributed by atoms with Crippen LogP contribution in [0, 0.1) is 28.1 Å². The third-order valence-electron chi connectivity index (χ3n) is 9.16. The molecule has 3 rings (SSSR count). The lowest BCUT2D eigenvalue weighted by molar-refractivity contribution is -0.240.